The molecule has 3 amide bonds. The number of likely N-dealkylation sites (tertiary alicyclic amines) is 1. The first-order valence-corrected chi connectivity index (χ1v) is 16.5. The van der Waals surface area contributed by atoms with Crippen LogP contribution in [0.3, 0.4) is 0 Å². The maximum Gasteiger partial charge on any atom is 0.313 e. The van der Waals surface area contributed by atoms with Crippen LogP contribution in [-0.4, -0.2) is 99.6 Å². The van der Waals surface area contributed by atoms with Gasteiger partial charge < -0.3 is 29.3 Å². The molecule has 8 atom stereocenters. The molecule has 45 heavy (non-hydrogen) atoms. The molecule has 10 nitrogen and oxygen atoms in total. The van der Waals surface area contributed by atoms with Gasteiger partial charge in [0.25, 0.3) is 0 Å². The van der Waals surface area contributed by atoms with E-state index in [2.05, 4.69) is 0 Å². The zero-order valence-electron chi connectivity index (χ0n) is 26.4. The molecule has 1 aliphatic carbocycles. The van der Waals surface area contributed by atoms with E-state index >= 15 is 0 Å². The lowest BCUT2D eigenvalue weighted by molar-refractivity contribution is -0.164. The van der Waals surface area contributed by atoms with Gasteiger partial charge in [0.1, 0.15) is 23.7 Å². The van der Waals surface area contributed by atoms with Gasteiger partial charge in [0.2, 0.25) is 17.7 Å². The van der Waals surface area contributed by atoms with E-state index in [1.54, 1.807) is 31.0 Å². The molecule has 2 saturated heterocycles. The Balaban J connectivity index is 1.44. The summed E-state index contributed by atoms with van der Waals surface area (Å²) in [6, 6.07) is 7.11. The van der Waals surface area contributed by atoms with Crippen LogP contribution >= 0.6 is 0 Å². The van der Waals surface area contributed by atoms with E-state index in [9.17, 15) is 24.3 Å². The number of ether oxygens (including phenoxy) is 2. The lowest BCUT2D eigenvalue weighted by atomic mass is 9.74. The number of aliphatic hydroxyl groups excluding tert-OH is 1. The summed E-state index contributed by atoms with van der Waals surface area (Å²) in [5.74, 6) is -3.27. The summed E-state index contributed by atoms with van der Waals surface area (Å²) < 4.78 is 12.8. The summed E-state index contributed by atoms with van der Waals surface area (Å²) in [5.41, 5.74) is -0.619. The summed E-state index contributed by atoms with van der Waals surface area (Å²) in [4.78, 5) is 61.6. The van der Waals surface area contributed by atoms with E-state index in [4.69, 9.17) is 9.47 Å². The smallest absolute Gasteiger partial charge is 0.313 e. The quantitative estimate of drug-likeness (QED) is 0.407. The zero-order valence-corrected chi connectivity index (χ0v) is 26.4. The van der Waals surface area contributed by atoms with Crippen molar-refractivity contribution in [2.45, 2.75) is 101 Å². The lowest BCUT2D eigenvalue weighted by Crippen LogP contribution is -2.59. The van der Waals surface area contributed by atoms with Crippen LogP contribution in [0, 0.1) is 11.8 Å². The molecule has 3 fully saturated rings. The van der Waals surface area contributed by atoms with Gasteiger partial charge in [0.15, 0.2) is 0 Å². The molecule has 1 aromatic rings. The highest BCUT2D eigenvalue weighted by atomic mass is 16.6. The Hall–Kier alpha value is -3.50. The van der Waals surface area contributed by atoms with E-state index in [0.717, 1.165) is 37.7 Å². The van der Waals surface area contributed by atoms with Crippen LogP contribution in [0.2, 0.25) is 0 Å². The van der Waals surface area contributed by atoms with Crippen molar-refractivity contribution in [2.24, 2.45) is 11.8 Å². The minimum atomic E-state index is -1.35. The topological polar surface area (TPSA) is 117 Å². The number of allylic oxidation sites excluding steroid dienone is 1. The van der Waals surface area contributed by atoms with Crippen molar-refractivity contribution in [1.29, 1.82) is 0 Å². The van der Waals surface area contributed by atoms with Crippen LogP contribution in [0.25, 0.3) is 0 Å². The van der Waals surface area contributed by atoms with Crippen molar-refractivity contribution < 1.29 is 33.8 Å². The van der Waals surface area contributed by atoms with Crippen LogP contribution in [0.15, 0.2) is 54.6 Å². The summed E-state index contributed by atoms with van der Waals surface area (Å²) in [5, 5.41) is 10.3. The van der Waals surface area contributed by atoms with Crippen LogP contribution in [0.4, 0.5) is 0 Å². The molecular formula is C35H45N3O7. The predicted octanol–water partition coefficient (Wildman–Crippen LogP) is 3.16. The Morgan fingerprint density at radius 2 is 1.76 bits per heavy atom. The minimum absolute atomic E-state index is 0.00147. The number of esters is 1. The molecule has 0 aromatic heterocycles. The SMILES string of the molecule is C[C@H](CO)N1C(=O)[C@@H]2[C@H]3C(=O)O[C@@H](c4ccccc4)[C@H](C)N(C)C(=O)CC/C=C\CN(C4CCCCC4)C(=O)[C@@H]1[C@]21C=C[C@H]3O1. The van der Waals surface area contributed by atoms with Crippen molar-refractivity contribution in [3.05, 3.63) is 60.2 Å². The molecule has 1 aromatic carbocycles. The second-order valence-corrected chi connectivity index (χ2v) is 13.3. The highest BCUT2D eigenvalue weighted by molar-refractivity contribution is 5.99. The van der Waals surface area contributed by atoms with Gasteiger partial charge in [-0.25, -0.2) is 0 Å². The molecule has 4 heterocycles. The van der Waals surface area contributed by atoms with E-state index in [1.165, 1.54) is 4.90 Å². The highest BCUT2D eigenvalue weighted by Gasteiger charge is 2.74. The van der Waals surface area contributed by atoms with Crippen LogP contribution in [0.5, 0.6) is 0 Å². The van der Waals surface area contributed by atoms with Gasteiger partial charge in [-0.2, -0.15) is 0 Å². The number of aliphatic hydroxyl groups is 1. The molecular weight excluding hydrogens is 574 g/mol. The predicted molar refractivity (Wildman–Crippen MR) is 165 cm³/mol. The summed E-state index contributed by atoms with van der Waals surface area (Å²) in [6.45, 7) is 3.58. The number of rotatable bonds is 4. The third-order valence-corrected chi connectivity index (χ3v) is 10.7. The van der Waals surface area contributed by atoms with Crippen LogP contribution < -0.4 is 0 Å². The number of amides is 3. The fourth-order valence-electron chi connectivity index (χ4n) is 8.10. The summed E-state index contributed by atoms with van der Waals surface area (Å²) in [6.07, 6.45) is 11.6. The average molecular weight is 620 g/mol. The van der Waals surface area contributed by atoms with E-state index in [-0.39, 0.29) is 36.8 Å². The zero-order chi connectivity index (χ0) is 31.9. The van der Waals surface area contributed by atoms with Crippen molar-refractivity contribution in [3.8, 4) is 0 Å². The molecule has 4 aliphatic heterocycles. The number of benzene rings is 1. The maximum absolute atomic E-state index is 14.8. The normalized spacial score (nSPS) is 36.0. The molecule has 6 rings (SSSR count). The molecule has 0 unspecified atom stereocenters. The summed E-state index contributed by atoms with van der Waals surface area (Å²) in [7, 11) is 1.72. The Labute approximate surface area is 265 Å². The second kappa shape index (κ2) is 12.7. The van der Waals surface area contributed by atoms with E-state index in [1.807, 2.05) is 54.3 Å². The molecule has 5 aliphatic rings. The number of carbonyl (C=O) groups excluding carboxylic acids is 4. The number of carbonyl (C=O) groups is 4. The Morgan fingerprint density at radius 1 is 1.02 bits per heavy atom. The Bertz CT molecular complexity index is 1360. The third-order valence-electron chi connectivity index (χ3n) is 10.7. The largest absolute Gasteiger partial charge is 0.455 e. The molecule has 0 radical (unpaired) electrons. The first kappa shape index (κ1) is 31.5. The number of likely N-dealkylation sites (N-methyl/N-ethyl adjacent to an activating group) is 1. The fraction of sp³-hybridized carbons (Fsp3) is 0.600. The standard InChI is InChI=1S/C35H45N3O7/c1-22(21-39)38-31-33(42)37(25-15-9-5-10-16-25)20-12-6-11-17-27(40)36(3)23(2)30(24-13-7-4-8-14-24)44-34(43)28-26-18-19-35(31,45-26)29(28)32(38)41/h4,6-8,12-14,18-19,22-23,25-26,28-31,39H,5,9-11,15-17,20-21H2,1-3H3/b12-6-/t22-,23+,26-,28+,29+,30-,31-,35+/m1/s1. The lowest BCUT2D eigenvalue weighted by Gasteiger charge is -2.41. The van der Waals surface area contributed by atoms with Gasteiger partial charge >= 0.3 is 5.97 Å². The molecule has 1 spiro atoms. The van der Waals surface area contributed by atoms with Gasteiger partial charge in [0, 0.05) is 26.1 Å². The van der Waals surface area contributed by atoms with Gasteiger partial charge in [0.05, 0.1) is 30.7 Å². The van der Waals surface area contributed by atoms with Crippen molar-refractivity contribution >= 4 is 23.7 Å². The van der Waals surface area contributed by atoms with Crippen molar-refractivity contribution in [2.75, 3.05) is 20.2 Å². The monoisotopic (exact) mass is 619 g/mol. The first-order chi connectivity index (χ1) is 21.7. The van der Waals surface area contributed by atoms with Crippen LogP contribution in [0.1, 0.15) is 70.5 Å². The minimum Gasteiger partial charge on any atom is -0.455 e. The number of hydrogen-bond acceptors (Lipinski definition) is 7. The number of cyclic esters (lactones) is 1. The molecule has 5 bridgehead atoms. The number of hydrogen-bond donors (Lipinski definition) is 1. The fourth-order valence-corrected chi connectivity index (χ4v) is 8.10. The average Bonchev–Trinajstić information content (AvgIpc) is 3.71. The van der Waals surface area contributed by atoms with Gasteiger partial charge in [-0.05, 0) is 38.7 Å². The molecule has 1 saturated carbocycles. The number of fused-ring (bicyclic) bond motifs is 2. The molecule has 1 N–H and O–H groups in total. The molecule has 10 heteroatoms. The Morgan fingerprint density at radius 3 is 2.47 bits per heavy atom. The van der Waals surface area contributed by atoms with Gasteiger partial charge in [-0.15, -0.1) is 0 Å². The van der Waals surface area contributed by atoms with Crippen LogP contribution in [-0.2, 0) is 28.7 Å². The molecule has 242 valence electrons. The van der Waals surface area contributed by atoms with E-state index in [0.29, 0.717) is 13.0 Å². The van der Waals surface area contributed by atoms with Crippen molar-refractivity contribution in [3.63, 3.8) is 0 Å². The third kappa shape index (κ3) is 5.39. The Kier molecular flexibility index (Phi) is 8.89. The first-order valence-electron chi connectivity index (χ1n) is 16.5. The number of nitrogens with zero attached hydrogens (tertiary/aromatic N) is 3. The summed E-state index contributed by atoms with van der Waals surface area (Å²) >= 11 is 0. The van der Waals surface area contributed by atoms with E-state index < -0.39 is 53.7 Å². The van der Waals surface area contributed by atoms with Gasteiger partial charge in [-0.1, -0.05) is 73.9 Å². The second-order valence-electron chi connectivity index (χ2n) is 13.3. The van der Waals surface area contributed by atoms with Gasteiger partial charge in [-0.3, -0.25) is 19.2 Å². The van der Waals surface area contributed by atoms with Crippen molar-refractivity contribution in [1.82, 2.24) is 14.7 Å². The highest BCUT2D eigenvalue weighted by Crippen LogP contribution is 2.56. The maximum atomic E-state index is 14.8.